The topological polar surface area (TPSA) is 95.9 Å². The molecule has 1 amide bonds. The lowest BCUT2D eigenvalue weighted by atomic mass is 10.1. The molecule has 0 bridgehead atoms. The van der Waals surface area contributed by atoms with E-state index in [9.17, 15) is 14.7 Å². The number of hydrogen-bond acceptors (Lipinski definition) is 4. The first kappa shape index (κ1) is 18.5. The predicted octanol–water partition coefficient (Wildman–Crippen LogP) is 2.39. The number of carbonyl (C=O) groups excluding carboxylic acids is 1. The number of amides is 1. The first-order valence-electron chi connectivity index (χ1n) is 7.85. The molecular formula is C19H21NO5. The number of carbonyl (C=O) groups is 2. The summed E-state index contributed by atoms with van der Waals surface area (Å²) in [6.45, 7) is 2.67. The Hall–Kier alpha value is -2.86. The van der Waals surface area contributed by atoms with Crippen LogP contribution in [0.15, 0.2) is 54.6 Å². The van der Waals surface area contributed by atoms with Crippen molar-refractivity contribution < 1.29 is 24.5 Å². The maximum atomic E-state index is 12.0. The summed E-state index contributed by atoms with van der Waals surface area (Å²) >= 11 is 0. The van der Waals surface area contributed by atoms with E-state index in [1.807, 2.05) is 37.3 Å². The Balaban J connectivity index is 1.95. The van der Waals surface area contributed by atoms with E-state index in [4.69, 9.17) is 9.84 Å². The van der Waals surface area contributed by atoms with Crippen molar-refractivity contribution >= 4 is 11.9 Å². The zero-order valence-electron chi connectivity index (χ0n) is 14.1. The van der Waals surface area contributed by atoms with Crippen molar-refractivity contribution in [2.24, 2.45) is 0 Å². The van der Waals surface area contributed by atoms with Crippen LogP contribution in [-0.2, 0) is 4.79 Å². The van der Waals surface area contributed by atoms with Crippen molar-refractivity contribution in [3.05, 3.63) is 65.7 Å². The molecule has 0 saturated heterocycles. The third-order valence-corrected chi connectivity index (χ3v) is 3.75. The van der Waals surface area contributed by atoms with Crippen LogP contribution in [-0.4, -0.2) is 34.2 Å². The Morgan fingerprint density at radius 2 is 1.72 bits per heavy atom. The van der Waals surface area contributed by atoms with Crippen molar-refractivity contribution in [2.75, 3.05) is 6.54 Å². The molecule has 0 radical (unpaired) electrons. The molecule has 0 aliphatic heterocycles. The number of ether oxygens (including phenoxy) is 1. The number of benzene rings is 2. The lowest BCUT2D eigenvalue weighted by Gasteiger charge is -2.18. The molecule has 2 aromatic rings. The van der Waals surface area contributed by atoms with Gasteiger partial charge in [-0.3, -0.25) is 4.79 Å². The zero-order chi connectivity index (χ0) is 18.4. The van der Waals surface area contributed by atoms with Gasteiger partial charge in [0.1, 0.15) is 11.9 Å². The highest BCUT2D eigenvalue weighted by Crippen LogP contribution is 2.21. The third kappa shape index (κ3) is 5.06. The molecule has 3 N–H and O–H groups in total. The van der Waals surface area contributed by atoms with Crippen LogP contribution in [0.25, 0.3) is 0 Å². The van der Waals surface area contributed by atoms with E-state index in [2.05, 4.69) is 5.32 Å². The van der Waals surface area contributed by atoms with Gasteiger partial charge in [0.15, 0.2) is 5.60 Å². The van der Waals surface area contributed by atoms with Gasteiger partial charge in [0.25, 0.3) is 5.91 Å². The molecule has 6 heteroatoms. The van der Waals surface area contributed by atoms with E-state index < -0.39 is 17.5 Å². The van der Waals surface area contributed by atoms with Crippen LogP contribution in [0.3, 0.4) is 0 Å². The quantitative estimate of drug-likeness (QED) is 0.717. The molecule has 0 spiro atoms. The van der Waals surface area contributed by atoms with Crippen molar-refractivity contribution in [3.63, 3.8) is 0 Å². The molecule has 2 rings (SSSR count). The number of hydrogen-bond donors (Lipinski definition) is 3. The van der Waals surface area contributed by atoms with Gasteiger partial charge < -0.3 is 20.3 Å². The molecule has 6 nitrogen and oxygen atoms in total. The molecule has 0 heterocycles. The van der Waals surface area contributed by atoms with Gasteiger partial charge in [-0.2, -0.15) is 0 Å². The van der Waals surface area contributed by atoms with Gasteiger partial charge in [-0.1, -0.05) is 30.3 Å². The Labute approximate surface area is 146 Å². The van der Waals surface area contributed by atoms with Gasteiger partial charge in [0, 0.05) is 5.56 Å². The van der Waals surface area contributed by atoms with Crippen LogP contribution >= 0.6 is 0 Å². The molecule has 2 unspecified atom stereocenters. The summed E-state index contributed by atoms with van der Waals surface area (Å²) in [5, 5.41) is 20.8. The second-order valence-corrected chi connectivity index (χ2v) is 5.96. The molecule has 0 aliphatic rings. The number of aliphatic hydroxyl groups is 1. The highest BCUT2D eigenvalue weighted by atomic mass is 16.5. The standard InChI is InChI=1S/C19H21NO5/c1-13(14-6-4-3-5-7-14)25-16-10-8-15(9-11-16)17(21)20-12-19(2,24)18(22)23/h3-11,13,24H,12H2,1-2H3,(H,20,21)(H,22,23). The summed E-state index contributed by atoms with van der Waals surface area (Å²) in [4.78, 5) is 22.8. The smallest absolute Gasteiger partial charge is 0.337 e. The first-order valence-corrected chi connectivity index (χ1v) is 7.85. The van der Waals surface area contributed by atoms with E-state index in [1.165, 1.54) is 0 Å². The molecule has 0 aromatic heterocycles. The minimum atomic E-state index is -2.01. The fourth-order valence-corrected chi connectivity index (χ4v) is 2.11. The van der Waals surface area contributed by atoms with Crippen LogP contribution in [0, 0.1) is 0 Å². The van der Waals surface area contributed by atoms with Crippen molar-refractivity contribution in [3.8, 4) is 5.75 Å². The van der Waals surface area contributed by atoms with Crippen molar-refractivity contribution in [1.29, 1.82) is 0 Å². The fraction of sp³-hybridized carbons (Fsp3) is 0.263. The first-order chi connectivity index (χ1) is 11.8. The molecular weight excluding hydrogens is 322 g/mol. The van der Waals surface area contributed by atoms with E-state index in [0.717, 1.165) is 12.5 Å². The number of nitrogens with one attached hydrogen (secondary N) is 1. The Kier molecular flexibility index (Phi) is 5.77. The second-order valence-electron chi connectivity index (χ2n) is 5.96. The predicted molar refractivity (Wildman–Crippen MR) is 92.5 cm³/mol. The van der Waals surface area contributed by atoms with Crippen molar-refractivity contribution in [2.45, 2.75) is 25.6 Å². The van der Waals surface area contributed by atoms with Gasteiger partial charge in [-0.25, -0.2) is 4.79 Å². The number of carboxylic acids is 1. The summed E-state index contributed by atoms with van der Waals surface area (Å²) in [7, 11) is 0. The van der Waals surface area contributed by atoms with Crippen LogP contribution in [0.4, 0.5) is 0 Å². The highest BCUT2D eigenvalue weighted by Gasteiger charge is 2.30. The minimum Gasteiger partial charge on any atom is -0.486 e. The number of aliphatic carboxylic acids is 1. The maximum Gasteiger partial charge on any atom is 0.337 e. The second kappa shape index (κ2) is 7.81. The molecule has 0 aliphatic carbocycles. The molecule has 0 saturated carbocycles. The monoisotopic (exact) mass is 343 g/mol. The Morgan fingerprint density at radius 3 is 2.28 bits per heavy atom. The largest absolute Gasteiger partial charge is 0.486 e. The lowest BCUT2D eigenvalue weighted by Crippen LogP contribution is -2.46. The zero-order valence-corrected chi connectivity index (χ0v) is 14.1. The lowest BCUT2D eigenvalue weighted by molar-refractivity contribution is -0.155. The number of carboxylic acid groups (broad SMARTS) is 1. The van der Waals surface area contributed by atoms with E-state index in [-0.39, 0.29) is 12.6 Å². The van der Waals surface area contributed by atoms with Crippen LogP contribution in [0.5, 0.6) is 5.75 Å². The summed E-state index contributed by atoms with van der Waals surface area (Å²) in [6.07, 6.45) is -0.133. The SMILES string of the molecule is CC(Oc1ccc(C(=O)NCC(C)(O)C(=O)O)cc1)c1ccccc1. The summed E-state index contributed by atoms with van der Waals surface area (Å²) in [5.74, 6) is -1.25. The van der Waals surface area contributed by atoms with Crippen LogP contribution < -0.4 is 10.1 Å². The van der Waals surface area contributed by atoms with E-state index in [0.29, 0.717) is 11.3 Å². The van der Waals surface area contributed by atoms with Gasteiger partial charge in [-0.05, 0) is 43.7 Å². The average molecular weight is 343 g/mol. The van der Waals surface area contributed by atoms with Gasteiger partial charge >= 0.3 is 5.97 Å². The van der Waals surface area contributed by atoms with Gasteiger partial charge in [0.05, 0.1) is 6.54 Å². The highest BCUT2D eigenvalue weighted by molar-refractivity contribution is 5.94. The van der Waals surface area contributed by atoms with Crippen LogP contribution in [0.1, 0.15) is 35.9 Å². The summed E-state index contributed by atoms with van der Waals surface area (Å²) in [5.41, 5.74) is -0.620. The average Bonchev–Trinajstić information content (AvgIpc) is 2.61. The van der Waals surface area contributed by atoms with E-state index in [1.54, 1.807) is 24.3 Å². The molecule has 0 fully saturated rings. The Morgan fingerprint density at radius 1 is 1.12 bits per heavy atom. The normalized spacial score (nSPS) is 14.2. The molecule has 25 heavy (non-hydrogen) atoms. The van der Waals surface area contributed by atoms with Gasteiger partial charge in [-0.15, -0.1) is 0 Å². The van der Waals surface area contributed by atoms with Crippen LogP contribution in [0.2, 0.25) is 0 Å². The molecule has 132 valence electrons. The number of rotatable bonds is 7. The van der Waals surface area contributed by atoms with Gasteiger partial charge in [0.2, 0.25) is 0 Å². The summed E-state index contributed by atoms with van der Waals surface area (Å²) < 4.78 is 5.83. The Bertz CT molecular complexity index is 725. The molecule has 2 atom stereocenters. The minimum absolute atomic E-state index is 0.133. The third-order valence-electron chi connectivity index (χ3n) is 3.75. The molecule has 2 aromatic carbocycles. The van der Waals surface area contributed by atoms with E-state index >= 15 is 0 Å². The summed E-state index contributed by atoms with van der Waals surface area (Å²) in [6, 6.07) is 16.3. The maximum absolute atomic E-state index is 12.0. The van der Waals surface area contributed by atoms with Crippen molar-refractivity contribution in [1.82, 2.24) is 5.32 Å². The fourth-order valence-electron chi connectivity index (χ4n) is 2.11.